The van der Waals surface area contributed by atoms with Gasteiger partial charge in [0, 0.05) is 24.9 Å². The van der Waals surface area contributed by atoms with Gasteiger partial charge in [-0.15, -0.1) is 10.2 Å². The molecule has 1 aromatic carbocycles. The number of aryl methyl sites for hydroxylation is 1. The standard InChI is InChI=1S/C22H19F5N6O2/c1-10-3-13-7-21(6-10,19-32-31-11(2)35-19)33(13)20(34)30-17-4-14(18-28-8-12(23)9-29-18)15(5-16(17)24)22(25,26)27/h4-5,8-10,13H,3,6-7H2,1-2H3,(H,30,34)/t10-,13?,21?/m1/s1. The van der Waals surface area contributed by atoms with Gasteiger partial charge < -0.3 is 14.6 Å². The van der Waals surface area contributed by atoms with Gasteiger partial charge in [-0.1, -0.05) is 6.92 Å². The van der Waals surface area contributed by atoms with Crippen molar-refractivity contribution >= 4 is 11.7 Å². The third-order valence-electron chi connectivity index (χ3n) is 6.42. The quantitative estimate of drug-likeness (QED) is 0.511. The fourth-order valence-corrected chi connectivity index (χ4v) is 5.15. The molecule has 3 atom stereocenters. The average molecular weight is 494 g/mol. The number of anilines is 1. The van der Waals surface area contributed by atoms with Crippen molar-refractivity contribution in [2.45, 2.75) is 50.9 Å². The number of aromatic nitrogens is 4. The third-order valence-corrected chi connectivity index (χ3v) is 6.42. The van der Waals surface area contributed by atoms with Crippen molar-refractivity contribution in [1.29, 1.82) is 0 Å². The normalized spacial score (nSPS) is 23.7. The lowest BCUT2D eigenvalue weighted by Crippen LogP contribution is -2.70. The van der Waals surface area contributed by atoms with E-state index in [1.54, 1.807) is 6.92 Å². The van der Waals surface area contributed by atoms with Crippen LogP contribution in [0.3, 0.4) is 0 Å². The van der Waals surface area contributed by atoms with Gasteiger partial charge in [0.15, 0.2) is 11.6 Å². The molecule has 1 aliphatic heterocycles. The number of nitrogens with zero attached hydrogens (tertiary/aromatic N) is 5. The van der Waals surface area contributed by atoms with E-state index in [4.69, 9.17) is 4.42 Å². The summed E-state index contributed by atoms with van der Waals surface area (Å²) in [4.78, 5) is 21.9. The summed E-state index contributed by atoms with van der Waals surface area (Å²) in [6.07, 6.45) is -1.72. The third kappa shape index (κ3) is 3.88. The Bertz CT molecular complexity index is 1290. The number of benzene rings is 1. The highest BCUT2D eigenvalue weighted by atomic mass is 19.4. The number of nitrogens with one attached hydrogen (secondary N) is 1. The van der Waals surface area contributed by atoms with Crippen LogP contribution in [0, 0.1) is 24.5 Å². The summed E-state index contributed by atoms with van der Waals surface area (Å²) < 4.78 is 74.4. The zero-order valence-electron chi connectivity index (χ0n) is 18.5. The Labute approximate surface area is 195 Å². The number of hydrogen-bond donors (Lipinski definition) is 1. The first-order valence-electron chi connectivity index (χ1n) is 10.8. The van der Waals surface area contributed by atoms with Crippen LogP contribution in [0.2, 0.25) is 0 Å². The van der Waals surface area contributed by atoms with Crippen molar-refractivity contribution in [3.05, 3.63) is 53.5 Å². The number of urea groups is 1. The van der Waals surface area contributed by atoms with Crippen LogP contribution in [0.15, 0.2) is 28.9 Å². The number of piperidine rings is 1. The van der Waals surface area contributed by atoms with Gasteiger partial charge in [-0.25, -0.2) is 23.5 Å². The van der Waals surface area contributed by atoms with E-state index in [0.717, 1.165) is 6.07 Å². The topological polar surface area (TPSA) is 97.0 Å². The second kappa shape index (κ2) is 7.95. The molecule has 184 valence electrons. The second-order valence-corrected chi connectivity index (χ2v) is 8.96. The predicted octanol–water partition coefficient (Wildman–Crippen LogP) is 5.06. The first-order chi connectivity index (χ1) is 16.5. The van der Waals surface area contributed by atoms with Gasteiger partial charge in [0.25, 0.3) is 0 Å². The number of fused-ring (bicyclic) bond motifs is 2. The molecule has 0 spiro atoms. The van der Waals surface area contributed by atoms with E-state index in [1.165, 1.54) is 4.90 Å². The van der Waals surface area contributed by atoms with Crippen molar-refractivity contribution in [3.63, 3.8) is 0 Å². The Kier molecular flexibility index (Phi) is 5.25. The van der Waals surface area contributed by atoms with Crippen LogP contribution in [-0.4, -0.2) is 37.1 Å². The van der Waals surface area contributed by atoms with Crippen molar-refractivity contribution in [3.8, 4) is 11.4 Å². The summed E-state index contributed by atoms with van der Waals surface area (Å²) in [5.41, 5.74) is -3.33. The molecule has 3 heterocycles. The average Bonchev–Trinajstić information content (AvgIpc) is 3.21. The van der Waals surface area contributed by atoms with Crippen molar-refractivity contribution in [2.75, 3.05) is 5.32 Å². The van der Waals surface area contributed by atoms with Crippen LogP contribution in [0.4, 0.5) is 32.4 Å². The van der Waals surface area contributed by atoms with E-state index in [0.29, 0.717) is 37.5 Å². The number of alkyl halides is 3. The minimum Gasteiger partial charge on any atom is -0.423 e. The molecule has 8 nitrogen and oxygen atoms in total. The SMILES string of the molecule is Cc1nnc(C23CC(C[C@@H](C)C2)N3C(=O)Nc2cc(-c3ncc(F)cn3)c(C(F)(F)F)cc2F)o1. The summed E-state index contributed by atoms with van der Waals surface area (Å²) in [5.74, 6) is -1.76. The van der Waals surface area contributed by atoms with Crippen molar-refractivity contribution < 1.29 is 31.2 Å². The lowest BCUT2D eigenvalue weighted by molar-refractivity contribution is -0.137. The highest BCUT2D eigenvalue weighted by molar-refractivity contribution is 5.92. The molecule has 13 heteroatoms. The van der Waals surface area contributed by atoms with Gasteiger partial charge in [0.1, 0.15) is 11.4 Å². The fourth-order valence-electron chi connectivity index (χ4n) is 5.15. The van der Waals surface area contributed by atoms with Crippen LogP contribution in [0.25, 0.3) is 11.4 Å². The molecule has 5 rings (SSSR count). The maximum absolute atomic E-state index is 14.8. The molecule has 2 fully saturated rings. The first-order valence-corrected chi connectivity index (χ1v) is 10.8. The molecule has 2 bridgehead atoms. The highest BCUT2D eigenvalue weighted by Crippen LogP contribution is 2.55. The van der Waals surface area contributed by atoms with Gasteiger partial charge in [-0.2, -0.15) is 13.2 Å². The molecule has 3 aromatic rings. The summed E-state index contributed by atoms with van der Waals surface area (Å²) in [6.45, 7) is 3.65. The molecule has 1 saturated heterocycles. The van der Waals surface area contributed by atoms with Crippen molar-refractivity contribution in [1.82, 2.24) is 25.1 Å². The predicted molar refractivity (Wildman–Crippen MR) is 111 cm³/mol. The van der Waals surface area contributed by atoms with Crippen LogP contribution in [0.5, 0.6) is 0 Å². The summed E-state index contributed by atoms with van der Waals surface area (Å²) in [5, 5.41) is 10.3. The van der Waals surface area contributed by atoms with Gasteiger partial charge in [-0.05, 0) is 30.9 Å². The number of halogens is 5. The lowest BCUT2D eigenvalue weighted by atomic mass is 9.64. The van der Waals surface area contributed by atoms with Crippen molar-refractivity contribution in [2.24, 2.45) is 5.92 Å². The minimum absolute atomic E-state index is 0.177. The molecule has 2 aliphatic rings. The zero-order valence-corrected chi connectivity index (χ0v) is 18.5. The summed E-state index contributed by atoms with van der Waals surface area (Å²) in [7, 11) is 0. The number of hydrogen-bond acceptors (Lipinski definition) is 6. The maximum Gasteiger partial charge on any atom is 0.417 e. The highest BCUT2D eigenvalue weighted by Gasteiger charge is 2.62. The van der Waals surface area contributed by atoms with E-state index >= 15 is 0 Å². The Hall–Kier alpha value is -3.64. The smallest absolute Gasteiger partial charge is 0.417 e. The number of carbonyl (C=O) groups excluding carboxylic acids is 1. The Morgan fingerprint density at radius 3 is 2.51 bits per heavy atom. The summed E-state index contributed by atoms with van der Waals surface area (Å²) in [6, 6.07) is 0.163. The molecule has 2 aromatic heterocycles. The van der Waals surface area contributed by atoms with Crippen LogP contribution >= 0.6 is 0 Å². The van der Waals surface area contributed by atoms with E-state index < -0.39 is 52.0 Å². The largest absolute Gasteiger partial charge is 0.423 e. The maximum atomic E-state index is 14.8. The van der Waals surface area contributed by atoms with E-state index in [2.05, 4.69) is 25.5 Å². The first kappa shape index (κ1) is 23.1. The van der Waals surface area contributed by atoms with Gasteiger partial charge in [-0.3, -0.25) is 0 Å². The number of likely N-dealkylation sites (tertiary alicyclic amines) is 1. The molecule has 35 heavy (non-hydrogen) atoms. The second-order valence-electron chi connectivity index (χ2n) is 8.96. The minimum atomic E-state index is -4.94. The van der Waals surface area contributed by atoms with Crippen LogP contribution in [-0.2, 0) is 11.7 Å². The molecule has 1 aliphatic carbocycles. The lowest BCUT2D eigenvalue weighted by Gasteiger charge is -2.61. The molecule has 1 N–H and O–H groups in total. The molecular formula is C22H19F5N6O2. The monoisotopic (exact) mass is 494 g/mol. The van der Waals surface area contributed by atoms with Gasteiger partial charge >= 0.3 is 12.2 Å². The van der Waals surface area contributed by atoms with Crippen LogP contribution in [0.1, 0.15) is 43.5 Å². The van der Waals surface area contributed by atoms with E-state index in [-0.39, 0.29) is 23.9 Å². The Morgan fingerprint density at radius 1 is 1.17 bits per heavy atom. The Morgan fingerprint density at radius 2 is 1.89 bits per heavy atom. The van der Waals surface area contributed by atoms with Gasteiger partial charge in [0.05, 0.1) is 23.6 Å². The molecular weight excluding hydrogens is 475 g/mol. The Balaban J connectivity index is 1.51. The van der Waals surface area contributed by atoms with E-state index in [9.17, 15) is 26.7 Å². The van der Waals surface area contributed by atoms with Crippen LogP contribution < -0.4 is 5.32 Å². The fraction of sp³-hybridized carbons (Fsp3) is 0.409. The zero-order chi connectivity index (χ0) is 25.1. The molecule has 2 amide bonds. The molecule has 2 unspecified atom stereocenters. The van der Waals surface area contributed by atoms with Gasteiger partial charge in [0.2, 0.25) is 11.8 Å². The number of amides is 2. The number of carbonyl (C=O) groups is 1. The molecule has 0 radical (unpaired) electrons. The van der Waals surface area contributed by atoms with E-state index in [1.807, 2.05) is 6.92 Å². The number of rotatable bonds is 3. The summed E-state index contributed by atoms with van der Waals surface area (Å²) >= 11 is 0. The molecule has 1 saturated carbocycles.